The van der Waals surface area contributed by atoms with E-state index in [1.165, 1.54) is 5.56 Å². The minimum absolute atomic E-state index is 0.262. The Balaban J connectivity index is 2.57. The number of hydrogen-bond donors (Lipinski definition) is 2. The van der Waals surface area contributed by atoms with Crippen LogP contribution in [0.1, 0.15) is 26.3 Å². The lowest BCUT2D eigenvalue weighted by Crippen LogP contribution is -2.47. The first kappa shape index (κ1) is 12.7. The number of aliphatic hydroxyl groups excluding tert-OH is 1. The summed E-state index contributed by atoms with van der Waals surface area (Å²) in [5.74, 6) is 0. The molecule has 84 valence electrons. The van der Waals surface area contributed by atoms with Crippen LogP contribution in [-0.2, 0) is 6.54 Å². The van der Waals surface area contributed by atoms with E-state index in [0.717, 1.165) is 11.0 Å². The Hall–Kier alpha value is -0.380. The lowest BCUT2D eigenvalue weighted by atomic mass is 9.98. The Labute approximate surface area is 99.8 Å². The fourth-order valence-corrected chi connectivity index (χ4v) is 1.57. The summed E-state index contributed by atoms with van der Waals surface area (Å²) >= 11 is 3.43. The molecule has 0 aromatic heterocycles. The predicted octanol–water partition coefficient (Wildman–Crippen LogP) is 2.70. The van der Waals surface area contributed by atoms with Crippen LogP contribution in [0.3, 0.4) is 0 Å². The Bertz CT molecular complexity index is 323. The fraction of sp³-hybridized carbons (Fsp3) is 0.500. The molecule has 0 aliphatic rings. The van der Waals surface area contributed by atoms with Gasteiger partial charge in [0.05, 0.1) is 6.10 Å². The van der Waals surface area contributed by atoms with Crippen molar-refractivity contribution in [2.45, 2.75) is 39.0 Å². The smallest absolute Gasteiger partial charge is 0.0688 e. The first-order chi connectivity index (χ1) is 6.92. The van der Waals surface area contributed by atoms with Crippen molar-refractivity contribution in [3.63, 3.8) is 0 Å². The third kappa shape index (κ3) is 3.93. The van der Waals surface area contributed by atoms with Gasteiger partial charge in [0.25, 0.3) is 0 Å². The van der Waals surface area contributed by atoms with Crippen LogP contribution in [0.2, 0.25) is 0 Å². The average Bonchev–Trinajstić information content (AvgIpc) is 2.15. The van der Waals surface area contributed by atoms with E-state index in [1.807, 2.05) is 26.0 Å². The largest absolute Gasteiger partial charge is 0.392 e. The maximum atomic E-state index is 9.54. The van der Waals surface area contributed by atoms with Crippen molar-refractivity contribution in [1.82, 2.24) is 5.32 Å². The minimum atomic E-state index is -0.371. The summed E-state index contributed by atoms with van der Waals surface area (Å²) in [5.41, 5.74) is 0.945. The second kappa shape index (κ2) is 5.10. The van der Waals surface area contributed by atoms with E-state index < -0.39 is 0 Å². The van der Waals surface area contributed by atoms with Crippen LogP contribution in [0, 0.1) is 0 Å². The maximum absolute atomic E-state index is 9.54. The number of rotatable bonds is 4. The number of aliphatic hydroxyl groups is 1. The molecule has 1 aromatic rings. The van der Waals surface area contributed by atoms with Gasteiger partial charge in [0.1, 0.15) is 0 Å². The van der Waals surface area contributed by atoms with Gasteiger partial charge < -0.3 is 10.4 Å². The molecule has 0 fully saturated rings. The molecule has 1 rings (SSSR count). The van der Waals surface area contributed by atoms with Crippen molar-refractivity contribution >= 4 is 15.9 Å². The van der Waals surface area contributed by atoms with Gasteiger partial charge >= 0.3 is 0 Å². The van der Waals surface area contributed by atoms with E-state index in [0.29, 0.717) is 0 Å². The van der Waals surface area contributed by atoms with Crippen molar-refractivity contribution in [3.05, 3.63) is 34.3 Å². The zero-order valence-electron chi connectivity index (χ0n) is 9.42. The third-order valence-electron chi connectivity index (χ3n) is 2.68. The molecule has 0 saturated carbocycles. The molecule has 0 spiro atoms. The zero-order valence-corrected chi connectivity index (χ0v) is 11.0. The quantitative estimate of drug-likeness (QED) is 0.883. The van der Waals surface area contributed by atoms with Crippen LogP contribution in [0.15, 0.2) is 28.7 Å². The SMILES string of the molecule is CC(O)C(C)(C)NCc1cccc(Br)c1. The lowest BCUT2D eigenvalue weighted by molar-refractivity contribution is 0.0956. The lowest BCUT2D eigenvalue weighted by Gasteiger charge is -2.29. The molecule has 0 bridgehead atoms. The second-order valence-corrected chi connectivity index (χ2v) is 5.30. The van der Waals surface area contributed by atoms with Crippen LogP contribution in [0.4, 0.5) is 0 Å². The molecule has 0 saturated heterocycles. The second-order valence-electron chi connectivity index (χ2n) is 4.38. The predicted molar refractivity (Wildman–Crippen MR) is 66.7 cm³/mol. The first-order valence-corrected chi connectivity index (χ1v) is 5.88. The highest BCUT2D eigenvalue weighted by molar-refractivity contribution is 9.10. The summed E-state index contributed by atoms with van der Waals surface area (Å²) in [7, 11) is 0. The van der Waals surface area contributed by atoms with Gasteiger partial charge in [-0.15, -0.1) is 0 Å². The van der Waals surface area contributed by atoms with E-state index in [4.69, 9.17) is 0 Å². The Morgan fingerprint density at radius 1 is 1.47 bits per heavy atom. The van der Waals surface area contributed by atoms with E-state index in [2.05, 4.69) is 33.4 Å². The fourth-order valence-electron chi connectivity index (χ4n) is 1.12. The standard InChI is InChI=1S/C12H18BrNO/c1-9(15)12(2,3)14-8-10-5-4-6-11(13)7-10/h4-7,9,14-15H,8H2,1-3H3. The summed E-state index contributed by atoms with van der Waals surface area (Å²) in [5, 5.41) is 12.9. The van der Waals surface area contributed by atoms with Gasteiger partial charge in [-0.3, -0.25) is 0 Å². The van der Waals surface area contributed by atoms with Gasteiger partial charge in [-0.1, -0.05) is 28.1 Å². The van der Waals surface area contributed by atoms with Crippen molar-refractivity contribution in [2.75, 3.05) is 0 Å². The molecule has 1 aromatic carbocycles. The van der Waals surface area contributed by atoms with E-state index in [-0.39, 0.29) is 11.6 Å². The van der Waals surface area contributed by atoms with Crippen LogP contribution in [0.25, 0.3) is 0 Å². The zero-order chi connectivity index (χ0) is 11.5. The topological polar surface area (TPSA) is 32.3 Å². The number of hydrogen-bond acceptors (Lipinski definition) is 2. The average molecular weight is 272 g/mol. The Morgan fingerprint density at radius 2 is 2.13 bits per heavy atom. The van der Waals surface area contributed by atoms with Gasteiger partial charge in [0, 0.05) is 16.6 Å². The van der Waals surface area contributed by atoms with Gasteiger partial charge in [-0.05, 0) is 38.5 Å². The van der Waals surface area contributed by atoms with Gasteiger partial charge in [-0.2, -0.15) is 0 Å². The summed E-state index contributed by atoms with van der Waals surface area (Å²) < 4.78 is 1.08. The van der Waals surface area contributed by atoms with E-state index in [9.17, 15) is 5.11 Å². The van der Waals surface area contributed by atoms with E-state index >= 15 is 0 Å². The highest BCUT2D eigenvalue weighted by Gasteiger charge is 2.22. The normalized spacial score (nSPS) is 13.9. The number of benzene rings is 1. The molecule has 3 heteroatoms. The summed E-state index contributed by atoms with van der Waals surface area (Å²) in [4.78, 5) is 0. The Morgan fingerprint density at radius 3 is 2.67 bits per heavy atom. The molecule has 0 aliphatic carbocycles. The van der Waals surface area contributed by atoms with Crippen LogP contribution in [-0.4, -0.2) is 16.7 Å². The summed E-state index contributed by atoms with van der Waals surface area (Å²) in [6.45, 7) is 6.55. The minimum Gasteiger partial charge on any atom is -0.392 e. The van der Waals surface area contributed by atoms with Crippen molar-refractivity contribution in [2.24, 2.45) is 0 Å². The van der Waals surface area contributed by atoms with Gasteiger partial charge in [0.15, 0.2) is 0 Å². The van der Waals surface area contributed by atoms with Crippen LogP contribution < -0.4 is 5.32 Å². The number of nitrogens with one attached hydrogen (secondary N) is 1. The van der Waals surface area contributed by atoms with Gasteiger partial charge in [-0.25, -0.2) is 0 Å². The van der Waals surface area contributed by atoms with E-state index in [1.54, 1.807) is 6.92 Å². The van der Waals surface area contributed by atoms with Crippen LogP contribution >= 0.6 is 15.9 Å². The number of halogens is 1. The molecule has 1 unspecified atom stereocenters. The maximum Gasteiger partial charge on any atom is 0.0688 e. The molecule has 0 heterocycles. The van der Waals surface area contributed by atoms with Crippen molar-refractivity contribution < 1.29 is 5.11 Å². The van der Waals surface area contributed by atoms with Gasteiger partial charge in [0.2, 0.25) is 0 Å². The molecule has 0 radical (unpaired) electrons. The highest BCUT2D eigenvalue weighted by atomic mass is 79.9. The Kier molecular flexibility index (Phi) is 4.32. The molecule has 2 N–H and O–H groups in total. The molecule has 1 atom stereocenters. The molecule has 0 amide bonds. The summed E-state index contributed by atoms with van der Waals surface area (Å²) in [6.07, 6.45) is -0.371. The molecule has 2 nitrogen and oxygen atoms in total. The molecule has 15 heavy (non-hydrogen) atoms. The summed E-state index contributed by atoms with van der Waals surface area (Å²) in [6, 6.07) is 8.15. The molecular weight excluding hydrogens is 254 g/mol. The van der Waals surface area contributed by atoms with Crippen molar-refractivity contribution in [1.29, 1.82) is 0 Å². The van der Waals surface area contributed by atoms with Crippen molar-refractivity contribution in [3.8, 4) is 0 Å². The highest BCUT2D eigenvalue weighted by Crippen LogP contribution is 2.14. The van der Waals surface area contributed by atoms with Crippen LogP contribution in [0.5, 0.6) is 0 Å². The first-order valence-electron chi connectivity index (χ1n) is 5.09. The monoisotopic (exact) mass is 271 g/mol. The molecular formula is C12H18BrNO. The molecule has 0 aliphatic heterocycles. The third-order valence-corrected chi connectivity index (χ3v) is 3.17.